The van der Waals surface area contributed by atoms with Crippen molar-refractivity contribution in [3.05, 3.63) is 59.7 Å². The summed E-state index contributed by atoms with van der Waals surface area (Å²) in [6, 6.07) is 10.3. The number of sulfonamides is 1. The van der Waals surface area contributed by atoms with E-state index in [-0.39, 0.29) is 28.7 Å². The van der Waals surface area contributed by atoms with Crippen molar-refractivity contribution >= 4 is 15.9 Å². The SMILES string of the molecule is C[C@H](NC(=O)C(C)(C)N1CCC(Oc2cccc(C(F)(F)F)c2)C1)c1ccc(S(N)(=O)=O)cc1. The molecule has 1 aliphatic heterocycles. The number of carbonyl (C=O) groups excluding carboxylic acids is 1. The van der Waals surface area contributed by atoms with Crippen LogP contribution in [0.15, 0.2) is 53.4 Å². The number of carbonyl (C=O) groups is 1. The average Bonchev–Trinajstić information content (AvgIpc) is 3.22. The first-order valence-electron chi connectivity index (χ1n) is 10.7. The second-order valence-corrected chi connectivity index (χ2v) is 10.4. The zero-order valence-corrected chi connectivity index (χ0v) is 19.9. The van der Waals surface area contributed by atoms with Crippen molar-refractivity contribution in [2.45, 2.75) is 55.9 Å². The smallest absolute Gasteiger partial charge is 0.416 e. The van der Waals surface area contributed by atoms with E-state index in [4.69, 9.17) is 9.88 Å². The lowest BCUT2D eigenvalue weighted by Crippen LogP contribution is -2.54. The van der Waals surface area contributed by atoms with Crippen LogP contribution in [-0.2, 0) is 21.0 Å². The van der Waals surface area contributed by atoms with Crippen LogP contribution in [-0.4, -0.2) is 44.0 Å². The number of ether oxygens (including phenoxy) is 1. The van der Waals surface area contributed by atoms with Crippen molar-refractivity contribution in [3.63, 3.8) is 0 Å². The molecule has 1 fully saturated rings. The molecule has 186 valence electrons. The zero-order chi connectivity index (χ0) is 25.3. The Morgan fingerprint density at radius 3 is 2.41 bits per heavy atom. The van der Waals surface area contributed by atoms with Crippen LogP contribution < -0.4 is 15.2 Å². The Kier molecular flexibility index (Phi) is 7.30. The first-order chi connectivity index (χ1) is 15.7. The molecule has 1 saturated heterocycles. The van der Waals surface area contributed by atoms with Crippen LogP contribution in [0.4, 0.5) is 13.2 Å². The lowest BCUT2D eigenvalue weighted by atomic mass is 10.0. The molecule has 7 nitrogen and oxygen atoms in total. The van der Waals surface area contributed by atoms with Gasteiger partial charge in [0.2, 0.25) is 15.9 Å². The van der Waals surface area contributed by atoms with Crippen LogP contribution in [0.25, 0.3) is 0 Å². The highest BCUT2D eigenvalue weighted by Crippen LogP contribution is 2.32. The molecule has 34 heavy (non-hydrogen) atoms. The van der Waals surface area contributed by atoms with E-state index in [0.717, 1.165) is 12.1 Å². The topological polar surface area (TPSA) is 102 Å². The second kappa shape index (κ2) is 9.55. The number of halogens is 3. The molecule has 1 unspecified atom stereocenters. The zero-order valence-electron chi connectivity index (χ0n) is 19.1. The van der Waals surface area contributed by atoms with E-state index in [1.165, 1.54) is 24.3 Å². The largest absolute Gasteiger partial charge is 0.489 e. The summed E-state index contributed by atoms with van der Waals surface area (Å²) < 4.78 is 67.4. The predicted molar refractivity (Wildman–Crippen MR) is 121 cm³/mol. The molecule has 2 atom stereocenters. The number of hydrogen-bond acceptors (Lipinski definition) is 5. The van der Waals surface area contributed by atoms with Crippen LogP contribution in [0.2, 0.25) is 0 Å². The summed E-state index contributed by atoms with van der Waals surface area (Å²) in [5.41, 5.74) is -0.963. The molecule has 0 aliphatic carbocycles. The Labute approximate surface area is 197 Å². The van der Waals surface area contributed by atoms with Gasteiger partial charge in [-0.25, -0.2) is 13.6 Å². The maximum absolute atomic E-state index is 13.0. The Hall–Kier alpha value is -2.63. The summed E-state index contributed by atoms with van der Waals surface area (Å²) in [7, 11) is -3.80. The quantitative estimate of drug-likeness (QED) is 0.608. The van der Waals surface area contributed by atoms with Gasteiger partial charge in [-0.3, -0.25) is 9.69 Å². The van der Waals surface area contributed by atoms with Crippen molar-refractivity contribution in [2.24, 2.45) is 5.14 Å². The normalized spacial score (nSPS) is 18.5. The highest BCUT2D eigenvalue weighted by atomic mass is 32.2. The average molecular weight is 500 g/mol. The Morgan fingerprint density at radius 1 is 1.18 bits per heavy atom. The van der Waals surface area contributed by atoms with Gasteiger partial charge in [-0.05, 0) is 63.1 Å². The lowest BCUT2D eigenvalue weighted by Gasteiger charge is -2.35. The first kappa shape index (κ1) is 26.0. The van der Waals surface area contributed by atoms with E-state index in [0.29, 0.717) is 25.1 Å². The molecule has 11 heteroatoms. The Balaban J connectivity index is 1.61. The fourth-order valence-corrected chi connectivity index (χ4v) is 4.33. The molecule has 3 rings (SSSR count). The van der Waals surface area contributed by atoms with Crippen molar-refractivity contribution in [3.8, 4) is 5.75 Å². The number of amides is 1. The molecule has 1 amide bonds. The molecule has 2 aromatic carbocycles. The summed E-state index contributed by atoms with van der Waals surface area (Å²) in [6.07, 6.45) is -4.23. The molecule has 0 aromatic heterocycles. The molecule has 0 bridgehead atoms. The van der Waals surface area contributed by atoms with Gasteiger partial charge in [0.1, 0.15) is 11.9 Å². The number of nitrogens with two attached hydrogens (primary N) is 1. The third-order valence-corrected chi connectivity index (χ3v) is 6.94. The minimum Gasteiger partial charge on any atom is -0.489 e. The van der Waals surface area contributed by atoms with E-state index in [9.17, 15) is 26.4 Å². The summed E-state index contributed by atoms with van der Waals surface area (Å²) in [6.45, 7) is 6.25. The van der Waals surface area contributed by atoms with Crippen LogP contribution in [0.3, 0.4) is 0 Å². The van der Waals surface area contributed by atoms with Gasteiger partial charge in [-0.2, -0.15) is 13.2 Å². The molecular formula is C23H28F3N3O4S. The van der Waals surface area contributed by atoms with Gasteiger partial charge in [-0.1, -0.05) is 18.2 Å². The minimum atomic E-state index is -4.45. The van der Waals surface area contributed by atoms with Gasteiger partial charge in [0.15, 0.2) is 0 Å². The number of rotatable bonds is 7. The Bertz CT molecular complexity index is 1130. The van der Waals surface area contributed by atoms with Gasteiger partial charge in [0.05, 0.1) is 22.0 Å². The molecule has 2 aromatic rings. The van der Waals surface area contributed by atoms with Crippen molar-refractivity contribution in [1.29, 1.82) is 0 Å². The number of benzene rings is 2. The Morgan fingerprint density at radius 2 is 1.82 bits per heavy atom. The van der Waals surface area contributed by atoms with E-state index in [1.54, 1.807) is 32.9 Å². The van der Waals surface area contributed by atoms with E-state index < -0.39 is 27.3 Å². The number of nitrogens with zero attached hydrogens (tertiary/aromatic N) is 1. The van der Waals surface area contributed by atoms with Gasteiger partial charge in [-0.15, -0.1) is 0 Å². The minimum absolute atomic E-state index is 0.0148. The molecule has 0 saturated carbocycles. The molecule has 1 aliphatic rings. The van der Waals surface area contributed by atoms with E-state index >= 15 is 0 Å². The van der Waals surface area contributed by atoms with Crippen LogP contribution in [0.1, 0.15) is 44.4 Å². The summed E-state index contributed by atoms with van der Waals surface area (Å²) in [4.78, 5) is 15.0. The first-order valence-corrected chi connectivity index (χ1v) is 12.3. The fourth-order valence-electron chi connectivity index (χ4n) is 3.82. The number of nitrogens with one attached hydrogen (secondary N) is 1. The van der Waals surface area contributed by atoms with Gasteiger partial charge >= 0.3 is 6.18 Å². The van der Waals surface area contributed by atoms with Crippen molar-refractivity contribution in [1.82, 2.24) is 10.2 Å². The molecular weight excluding hydrogens is 471 g/mol. The number of likely N-dealkylation sites (tertiary alicyclic amines) is 1. The third-order valence-electron chi connectivity index (χ3n) is 6.01. The van der Waals surface area contributed by atoms with Crippen molar-refractivity contribution in [2.75, 3.05) is 13.1 Å². The van der Waals surface area contributed by atoms with Crippen LogP contribution in [0, 0.1) is 0 Å². The van der Waals surface area contributed by atoms with Gasteiger partial charge in [0, 0.05) is 13.1 Å². The van der Waals surface area contributed by atoms with Crippen molar-refractivity contribution < 1.29 is 31.1 Å². The predicted octanol–water partition coefficient (Wildman–Crippen LogP) is 3.46. The summed E-state index contributed by atoms with van der Waals surface area (Å²) in [5, 5.41) is 8.05. The standard InChI is InChI=1S/C23H28F3N3O4S/c1-15(16-7-9-20(10-8-16)34(27,31)32)28-21(30)22(2,3)29-12-11-19(14-29)33-18-6-4-5-17(13-18)23(24,25)26/h4-10,13,15,19H,11-12,14H2,1-3H3,(H,28,30)(H2,27,31,32)/t15-,19?/m0/s1. The van der Waals surface area contributed by atoms with E-state index in [1.807, 2.05) is 4.90 Å². The van der Waals surface area contributed by atoms with Crippen LogP contribution in [0.5, 0.6) is 5.75 Å². The molecule has 0 spiro atoms. The van der Waals surface area contributed by atoms with Gasteiger partial charge in [0.25, 0.3) is 0 Å². The molecule has 1 heterocycles. The maximum atomic E-state index is 13.0. The highest BCUT2D eigenvalue weighted by Gasteiger charge is 2.40. The maximum Gasteiger partial charge on any atom is 0.416 e. The number of hydrogen-bond donors (Lipinski definition) is 2. The van der Waals surface area contributed by atoms with Gasteiger partial charge < -0.3 is 10.1 Å². The van der Waals surface area contributed by atoms with E-state index in [2.05, 4.69) is 5.32 Å². The lowest BCUT2D eigenvalue weighted by molar-refractivity contribution is -0.137. The number of alkyl halides is 3. The highest BCUT2D eigenvalue weighted by molar-refractivity contribution is 7.89. The summed E-state index contributed by atoms with van der Waals surface area (Å²) in [5.74, 6) is -0.101. The summed E-state index contributed by atoms with van der Waals surface area (Å²) >= 11 is 0. The second-order valence-electron chi connectivity index (χ2n) is 8.87. The monoisotopic (exact) mass is 499 g/mol. The number of primary sulfonamides is 1. The molecule has 3 N–H and O–H groups in total. The van der Waals surface area contributed by atoms with Crippen LogP contribution >= 0.6 is 0 Å². The molecule has 0 radical (unpaired) electrons. The fraction of sp³-hybridized carbons (Fsp3) is 0.435. The third kappa shape index (κ3) is 6.08.